The molecule has 0 aliphatic carbocycles. The lowest BCUT2D eigenvalue weighted by molar-refractivity contribution is -0.156. The van der Waals surface area contributed by atoms with Crippen LogP contribution in [0.5, 0.6) is 0 Å². The highest BCUT2D eigenvalue weighted by Gasteiger charge is 2.17. The largest absolute Gasteiger partial charge is 0.396 e. The van der Waals surface area contributed by atoms with Crippen molar-refractivity contribution in [2.24, 2.45) is 0 Å². The Kier molecular flexibility index (Phi) is 13.0. The second-order valence-corrected chi connectivity index (χ2v) is 4.42. The van der Waals surface area contributed by atoms with E-state index in [-0.39, 0.29) is 26.1 Å². The zero-order chi connectivity index (χ0) is 16.8. The minimum atomic E-state index is -1.09. The van der Waals surface area contributed by atoms with Crippen molar-refractivity contribution in [1.82, 2.24) is 0 Å². The van der Waals surface area contributed by atoms with Crippen LogP contribution in [0.4, 0.5) is 0 Å². The molecule has 0 spiro atoms. The van der Waals surface area contributed by atoms with Crippen LogP contribution in [-0.4, -0.2) is 52.6 Å². The molecule has 0 aliphatic rings. The zero-order valence-electron chi connectivity index (χ0n) is 13.3. The lowest BCUT2D eigenvalue weighted by Gasteiger charge is -2.21. The van der Waals surface area contributed by atoms with E-state index in [1.54, 1.807) is 24.3 Å². The fourth-order valence-electron chi connectivity index (χ4n) is 1.77. The summed E-state index contributed by atoms with van der Waals surface area (Å²) in [6.45, 7) is 3.40. The van der Waals surface area contributed by atoms with E-state index in [1.165, 1.54) is 0 Å². The first-order valence-electron chi connectivity index (χ1n) is 7.53. The van der Waals surface area contributed by atoms with Gasteiger partial charge in [0.2, 0.25) is 0 Å². The van der Waals surface area contributed by atoms with Gasteiger partial charge in [-0.3, -0.25) is 0 Å². The number of ether oxygens (including phenoxy) is 2. The van der Waals surface area contributed by atoms with E-state index < -0.39 is 25.3 Å². The molecule has 6 nitrogen and oxygen atoms in total. The Balaban J connectivity index is 0.00000211. The summed E-state index contributed by atoms with van der Waals surface area (Å²) in [6.07, 6.45) is -1.94. The zero-order valence-corrected chi connectivity index (χ0v) is 13.3. The highest BCUT2D eigenvalue weighted by molar-refractivity contribution is 5.15. The normalized spacial score (nSPS) is 14.6. The summed E-state index contributed by atoms with van der Waals surface area (Å²) in [5.74, 6) is 0. The summed E-state index contributed by atoms with van der Waals surface area (Å²) in [7, 11) is 0. The molecule has 3 atom stereocenters. The Bertz CT molecular complexity index is 346. The van der Waals surface area contributed by atoms with Gasteiger partial charge in [-0.25, -0.2) is 0 Å². The Morgan fingerprint density at radius 2 is 1.64 bits per heavy atom. The number of aliphatic hydroxyl groups excluding tert-OH is 4. The van der Waals surface area contributed by atoms with Crippen molar-refractivity contribution in [3.05, 3.63) is 35.9 Å². The van der Waals surface area contributed by atoms with E-state index >= 15 is 0 Å². The topological polar surface area (TPSA) is 99.4 Å². The Morgan fingerprint density at radius 3 is 2.18 bits per heavy atom. The third-order valence-electron chi connectivity index (χ3n) is 2.83. The van der Waals surface area contributed by atoms with E-state index in [0.29, 0.717) is 5.56 Å². The Labute approximate surface area is 131 Å². The van der Waals surface area contributed by atoms with Gasteiger partial charge in [0.1, 0.15) is 6.79 Å². The molecule has 1 aromatic rings. The first-order valence-corrected chi connectivity index (χ1v) is 7.53. The molecule has 1 aromatic carbocycles. The van der Waals surface area contributed by atoms with Crippen LogP contribution in [0.3, 0.4) is 0 Å². The van der Waals surface area contributed by atoms with Crippen LogP contribution in [0.1, 0.15) is 38.5 Å². The number of aliphatic hydroxyl groups is 4. The van der Waals surface area contributed by atoms with E-state index in [1.807, 2.05) is 19.9 Å². The Hall–Kier alpha value is -1.02. The van der Waals surface area contributed by atoms with Crippen LogP contribution < -0.4 is 0 Å². The van der Waals surface area contributed by atoms with Crippen LogP contribution in [0.25, 0.3) is 0 Å². The quantitative estimate of drug-likeness (QED) is 0.484. The molecule has 0 aliphatic heterocycles. The van der Waals surface area contributed by atoms with Gasteiger partial charge in [-0.05, 0) is 6.42 Å². The third kappa shape index (κ3) is 9.09. The smallest absolute Gasteiger partial charge is 0.181 e. The Morgan fingerprint density at radius 1 is 1.00 bits per heavy atom. The molecule has 3 unspecified atom stereocenters. The monoisotopic (exact) mass is 316 g/mol. The molecule has 0 heterocycles. The van der Waals surface area contributed by atoms with Crippen LogP contribution in [-0.2, 0) is 9.47 Å². The number of rotatable bonds is 10. The van der Waals surface area contributed by atoms with Gasteiger partial charge in [-0.1, -0.05) is 44.2 Å². The first kappa shape index (κ1) is 21.0. The van der Waals surface area contributed by atoms with Crippen molar-refractivity contribution in [3.8, 4) is 0 Å². The molecule has 1 rings (SSSR count). The molecule has 0 saturated carbocycles. The predicted octanol–water partition coefficient (Wildman–Crippen LogP) is 1.19. The standard InChI is InChI=1S/C14H22O6.C2H6/c15-7-6-12(17)8-13(20-10-16)9-19-14(18)11-4-2-1-3-5-11;1-2/h1-5,12-18H,6-10H2;1-2H3. The minimum absolute atomic E-state index is 0.0269. The predicted molar refractivity (Wildman–Crippen MR) is 83.0 cm³/mol. The van der Waals surface area contributed by atoms with Crippen molar-refractivity contribution in [2.45, 2.75) is 45.2 Å². The van der Waals surface area contributed by atoms with Crippen LogP contribution in [0, 0.1) is 0 Å². The molecule has 6 heteroatoms. The summed E-state index contributed by atoms with van der Waals surface area (Å²) in [5.41, 5.74) is 0.617. The molecule has 22 heavy (non-hydrogen) atoms. The highest BCUT2D eigenvalue weighted by Crippen LogP contribution is 2.15. The van der Waals surface area contributed by atoms with Crippen LogP contribution in [0.2, 0.25) is 0 Å². The summed E-state index contributed by atoms with van der Waals surface area (Å²) in [6, 6.07) is 8.86. The second kappa shape index (κ2) is 13.6. The van der Waals surface area contributed by atoms with E-state index in [4.69, 9.17) is 19.7 Å². The van der Waals surface area contributed by atoms with Gasteiger partial charge in [-0.15, -0.1) is 0 Å². The fraction of sp³-hybridized carbons (Fsp3) is 0.625. The molecule has 0 aromatic heterocycles. The van der Waals surface area contributed by atoms with Gasteiger partial charge < -0.3 is 29.9 Å². The minimum Gasteiger partial charge on any atom is -0.396 e. The molecule has 128 valence electrons. The van der Waals surface area contributed by atoms with E-state index in [2.05, 4.69) is 0 Å². The van der Waals surface area contributed by atoms with Crippen molar-refractivity contribution >= 4 is 0 Å². The van der Waals surface area contributed by atoms with Gasteiger partial charge in [0.05, 0.1) is 18.8 Å². The fourth-order valence-corrected chi connectivity index (χ4v) is 1.77. The number of hydrogen-bond donors (Lipinski definition) is 4. The summed E-state index contributed by atoms with van der Waals surface area (Å²) in [5, 5.41) is 36.9. The van der Waals surface area contributed by atoms with Crippen LogP contribution >= 0.6 is 0 Å². The molecule has 0 bridgehead atoms. The summed E-state index contributed by atoms with van der Waals surface area (Å²) in [4.78, 5) is 0. The van der Waals surface area contributed by atoms with Gasteiger partial charge in [0.25, 0.3) is 0 Å². The summed E-state index contributed by atoms with van der Waals surface area (Å²) >= 11 is 0. The maximum absolute atomic E-state index is 9.83. The lowest BCUT2D eigenvalue weighted by atomic mass is 10.1. The van der Waals surface area contributed by atoms with Gasteiger partial charge in [-0.2, -0.15) is 0 Å². The van der Waals surface area contributed by atoms with Crippen molar-refractivity contribution in [3.63, 3.8) is 0 Å². The van der Waals surface area contributed by atoms with E-state index in [0.717, 1.165) is 0 Å². The van der Waals surface area contributed by atoms with Crippen molar-refractivity contribution < 1.29 is 29.9 Å². The molecule has 4 N–H and O–H groups in total. The van der Waals surface area contributed by atoms with Crippen LogP contribution in [0.15, 0.2) is 30.3 Å². The highest BCUT2D eigenvalue weighted by atomic mass is 16.6. The van der Waals surface area contributed by atoms with Crippen molar-refractivity contribution in [2.75, 3.05) is 20.0 Å². The SMILES string of the molecule is CC.OCCC(O)CC(COC(O)c1ccccc1)OCO. The number of hydrogen-bond acceptors (Lipinski definition) is 6. The molecule has 0 saturated heterocycles. The molecule has 0 radical (unpaired) electrons. The summed E-state index contributed by atoms with van der Waals surface area (Å²) < 4.78 is 10.3. The van der Waals surface area contributed by atoms with Gasteiger partial charge in [0.15, 0.2) is 6.29 Å². The average Bonchev–Trinajstić information content (AvgIpc) is 2.55. The molecular formula is C16H28O6. The van der Waals surface area contributed by atoms with Gasteiger partial charge in [0, 0.05) is 18.6 Å². The molecule has 0 amide bonds. The third-order valence-corrected chi connectivity index (χ3v) is 2.83. The maximum Gasteiger partial charge on any atom is 0.181 e. The molecular weight excluding hydrogens is 288 g/mol. The maximum atomic E-state index is 9.83. The second-order valence-electron chi connectivity index (χ2n) is 4.42. The van der Waals surface area contributed by atoms with Gasteiger partial charge >= 0.3 is 0 Å². The number of benzene rings is 1. The van der Waals surface area contributed by atoms with E-state index in [9.17, 15) is 10.2 Å². The molecule has 0 fully saturated rings. The van der Waals surface area contributed by atoms with Crippen molar-refractivity contribution in [1.29, 1.82) is 0 Å². The average molecular weight is 316 g/mol. The lowest BCUT2D eigenvalue weighted by Crippen LogP contribution is -2.27. The first-order chi connectivity index (χ1) is 10.7.